The fraction of sp³-hybridized carbons (Fsp3) is 1.00. The van der Waals surface area contributed by atoms with E-state index in [1.165, 1.54) is 0 Å². The Hall–Kier alpha value is 0.211. The first-order valence-corrected chi connectivity index (χ1v) is 18.4. The Kier molecular flexibility index (Phi) is 20.3. The van der Waals surface area contributed by atoms with Crippen molar-refractivity contribution in [3.63, 3.8) is 0 Å². The van der Waals surface area contributed by atoms with E-state index in [4.69, 9.17) is 39.8 Å². The van der Waals surface area contributed by atoms with Crippen LogP contribution in [0.1, 0.15) is 25.7 Å². The second-order valence-corrected chi connectivity index (χ2v) is 18.0. The lowest BCUT2D eigenvalue weighted by atomic mass is 10.3. The number of rotatable bonds is 25. The zero-order valence-corrected chi connectivity index (χ0v) is 27.6. The molecular formula is C22H54N2O9Si3. The summed E-state index contributed by atoms with van der Waals surface area (Å²) < 4.78 is 50.1. The largest absolute Gasteiger partial charge is 0.500 e. The molecule has 0 aromatic rings. The molecule has 0 saturated carbocycles. The average Bonchev–Trinajstić information content (AvgIpc) is 2.92. The minimum absolute atomic E-state index is 0.782. The monoisotopic (exact) mass is 574 g/mol. The second-order valence-electron chi connectivity index (χ2n) is 8.70. The van der Waals surface area contributed by atoms with Crippen LogP contribution in [0, 0.1) is 0 Å². The SMILES string of the molecule is CO[Si](CCCN(C)CCCN(CCC[Si](OC)(OC)OC)CCC[Si](OC)(OC)OC)(OC)OC. The highest BCUT2D eigenvalue weighted by molar-refractivity contribution is 6.61. The molecular weight excluding hydrogens is 521 g/mol. The first-order chi connectivity index (χ1) is 17.2. The van der Waals surface area contributed by atoms with Crippen LogP contribution in [0.25, 0.3) is 0 Å². The Morgan fingerprint density at radius 3 is 0.944 bits per heavy atom. The molecule has 11 nitrogen and oxygen atoms in total. The highest BCUT2D eigenvalue weighted by Crippen LogP contribution is 2.18. The van der Waals surface area contributed by atoms with Gasteiger partial charge in [-0.2, -0.15) is 0 Å². The van der Waals surface area contributed by atoms with E-state index in [-0.39, 0.29) is 0 Å². The van der Waals surface area contributed by atoms with E-state index in [1.807, 2.05) is 0 Å². The van der Waals surface area contributed by atoms with E-state index >= 15 is 0 Å². The standard InChI is InChI=1S/C22H54N2O9Si3/c1-23(16-12-20-34(25-2,26-3)27-4)15-11-17-24(18-13-21-35(28-5,29-6)30-7)19-14-22-36(31-8,32-9)33-10/h11-22H2,1-10H3. The number of nitrogens with zero attached hydrogens (tertiary/aromatic N) is 2. The second kappa shape index (κ2) is 20.2. The van der Waals surface area contributed by atoms with E-state index in [2.05, 4.69) is 16.8 Å². The van der Waals surface area contributed by atoms with E-state index in [0.717, 1.165) is 76.5 Å². The minimum Gasteiger partial charge on any atom is -0.377 e. The average molecular weight is 575 g/mol. The van der Waals surface area contributed by atoms with Crippen molar-refractivity contribution in [1.82, 2.24) is 9.80 Å². The van der Waals surface area contributed by atoms with Crippen LogP contribution in [0.5, 0.6) is 0 Å². The summed E-state index contributed by atoms with van der Waals surface area (Å²) in [5.74, 6) is 0. The summed E-state index contributed by atoms with van der Waals surface area (Å²) in [4.78, 5) is 4.85. The summed E-state index contributed by atoms with van der Waals surface area (Å²) >= 11 is 0. The van der Waals surface area contributed by atoms with Crippen molar-refractivity contribution in [2.75, 3.05) is 104 Å². The van der Waals surface area contributed by atoms with Gasteiger partial charge >= 0.3 is 26.4 Å². The highest BCUT2D eigenvalue weighted by atomic mass is 28.4. The zero-order valence-electron chi connectivity index (χ0n) is 24.6. The van der Waals surface area contributed by atoms with Gasteiger partial charge in [-0.05, 0) is 65.5 Å². The molecule has 0 heterocycles. The van der Waals surface area contributed by atoms with Crippen molar-refractivity contribution < 1.29 is 39.8 Å². The van der Waals surface area contributed by atoms with E-state index < -0.39 is 26.4 Å². The molecule has 218 valence electrons. The van der Waals surface area contributed by atoms with Gasteiger partial charge in [-0.15, -0.1) is 0 Å². The Morgan fingerprint density at radius 1 is 0.389 bits per heavy atom. The van der Waals surface area contributed by atoms with Crippen LogP contribution in [0.15, 0.2) is 0 Å². The van der Waals surface area contributed by atoms with E-state index in [9.17, 15) is 0 Å². The summed E-state index contributed by atoms with van der Waals surface area (Å²) in [5.41, 5.74) is 0. The fourth-order valence-corrected chi connectivity index (χ4v) is 9.39. The van der Waals surface area contributed by atoms with Gasteiger partial charge in [-0.25, -0.2) is 0 Å². The molecule has 0 bridgehead atoms. The normalized spacial score (nSPS) is 13.3. The summed E-state index contributed by atoms with van der Waals surface area (Å²) in [6, 6.07) is 2.37. The third kappa shape index (κ3) is 12.8. The lowest BCUT2D eigenvalue weighted by Crippen LogP contribution is -2.44. The van der Waals surface area contributed by atoms with Crippen LogP contribution >= 0.6 is 0 Å². The van der Waals surface area contributed by atoms with Gasteiger partial charge in [0.2, 0.25) is 0 Å². The van der Waals surface area contributed by atoms with Crippen molar-refractivity contribution in [1.29, 1.82) is 0 Å². The van der Waals surface area contributed by atoms with Crippen LogP contribution < -0.4 is 0 Å². The summed E-state index contributed by atoms with van der Waals surface area (Å²) in [6.07, 6.45) is 3.92. The molecule has 14 heteroatoms. The summed E-state index contributed by atoms with van der Waals surface area (Å²) in [7, 11) is 9.48. The topological polar surface area (TPSA) is 89.6 Å². The predicted molar refractivity (Wildman–Crippen MR) is 147 cm³/mol. The lowest BCUT2D eigenvalue weighted by molar-refractivity contribution is 0.119. The first-order valence-electron chi connectivity index (χ1n) is 12.6. The van der Waals surface area contributed by atoms with Crippen LogP contribution in [-0.4, -0.2) is 140 Å². The van der Waals surface area contributed by atoms with Gasteiger partial charge in [0.1, 0.15) is 0 Å². The van der Waals surface area contributed by atoms with Gasteiger partial charge in [0.05, 0.1) is 0 Å². The maximum atomic E-state index is 5.59. The van der Waals surface area contributed by atoms with Gasteiger partial charge in [-0.3, -0.25) is 0 Å². The van der Waals surface area contributed by atoms with Gasteiger partial charge in [0.25, 0.3) is 0 Å². The summed E-state index contributed by atoms with van der Waals surface area (Å²) in [5, 5.41) is 0. The Balaban J connectivity index is 4.78. The Labute approximate surface area is 223 Å². The van der Waals surface area contributed by atoms with Crippen LogP contribution in [0.2, 0.25) is 18.1 Å². The Morgan fingerprint density at radius 2 is 0.639 bits per heavy atom. The van der Waals surface area contributed by atoms with Crippen LogP contribution in [0.4, 0.5) is 0 Å². The molecule has 0 aliphatic carbocycles. The molecule has 0 atom stereocenters. The lowest BCUT2D eigenvalue weighted by Gasteiger charge is -2.29. The molecule has 0 aliphatic rings. The van der Waals surface area contributed by atoms with Gasteiger partial charge in [0, 0.05) is 82.1 Å². The predicted octanol–water partition coefficient (Wildman–Crippen LogP) is 2.41. The van der Waals surface area contributed by atoms with Crippen molar-refractivity contribution in [3.8, 4) is 0 Å². The maximum absolute atomic E-state index is 5.59. The molecule has 0 aliphatic heterocycles. The van der Waals surface area contributed by atoms with Crippen molar-refractivity contribution in [2.45, 2.75) is 43.8 Å². The van der Waals surface area contributed by atoms with Crippen molar-refractivity contribution >= 4 is 26.4 Å². The summed E-state index contributed by atoms with van der Waals surface area (Å²) in [6.45, 7) is 4.87. The van der Waals surface area contributed by atoms with E-state index in [0.29, 0.717) is 0 Å². The molecule has 0 aromatic heterocycles. The number of hydrogen-bond acceptors (Lipinski definition) is 11. The third-order valence-corrected chi connectivity index (χ3v) is 15.2. The molecule has 0 fully saturated rings. The molecule has 0 saturated heterocycles. The van der Waals surface area contributed by atoms with Gasteiger partial charge in [-0.1, -0.05) is 0 Å². The quantitative estimate of drug-likeness (QED) is 0.151. The fourth-order valence-electron chi connectivity index (χ4n) is 4.28. The zero-order chi connectivity index (χ0) is 27.5. The van der Waals surface area contributed by atoms with Crippen LogP contribution in [-0.2, 0) is 39.8 Å². The highest BCUT2D eigenvalue weighted by Gasteiger charge is 2.39. The molecule has 0 spiro atoms. The third-order valence-electron chi connectivity index (χ3n) is 6.75. The van der Waals surface area contributed by atoms with Crippen molar-refractivity contribution in [2.24, 2.45) is 0 Å². The molecule has 0 rings (SSSR count). The molecule has 0 amide bonds. The molecule has 0 aromatic carbocycles. The minimum atomic E-state index is -2.57. The van der Waals surface area contributed by atoms with Crippen LogP contribution in [0.3, 0.4) is 0 Å². The smallest absolute Gasteiger partial charge is 0.377 e. The van der Waals surface area contributed by atoms with Crippen molar-refractivity contribution in [3.05, 3.63) is 0 Å². The molecule has 0 unspecified atom stereocenters. The van der Waals surface area contributed by atoms with E-state index in [1.54, 1.807) is 64.0 Å². The molecule has 36 heavy (non-hydrogen) atoms. The number of hydrogen-bond donors (Lipinski definition) is 0. The van der Waals surface area contributed by atoms with Gasteiger partial charge in [0.15, 0.2) is 0 Å². The molecule has 0 radical (unpaired) electrons. The van der Waals surface area contributed by atoms with Gasteiger partial charge < -0.3 is 49.6 Å². The maximum Gasteiger partial charge on any atom is 0.500 e. The first kappa shape index (κ1) is 36.2. The Bertz CT molecular complexity index is 478. The molecule has 0 N–H and O–H groups in total.